The SMILES string of the molecule is CC(C)CN1CC(C)OC(CN)C1. The predicted molar refractivity (Wildman–Crippen MR) is 54.7 cm³/mol. The van der Waals surface area contributed by atoms with Crippen LogP contribution >= 0.6 is 0 Å². The molecule has 1 aliphatic rings. The molecule has 2 atom stereocenters. The van der Waals surface area contributed by atoms with Crippen molar-refractivity contribution >= 4 is 0 Å². The minimum absolute atomic E-state index is 0.238. The van der Waals surface area contributed by atoms with Gasteiger partial charge in [0.05, 0.1) is 12.2 Å². The monoisotopic (exact) mass is 186 g/mol. The Labute approximate surface area is 81.2 Å². The first kappa shape index (κ1) is 11.0. The Morgan fingerprint density at radius 1 is 1.46 bits per heavy atom. The molecule has 1 fully saturated rings. The highest BCUT2D eigenvalue weighted by atomic mass is 16.5. The van der Waals surface area contributed by atoms with Gasteiger partial charge in [-0.05, 0) is 12.8 Å². The summed E-state index contributed by atoms with van der Waals surface area (Å²) in [4.78, 5) is 2.45. The Hall–Kier alpha value is -0.120. The molecule has 0 amide bonds. The molecule has 3 heteroatoms. The zero-order valence-electron chi connectivity index (χ0n) is 8.99. The zero-order chi connectivity index (χ0) is 9.84. The fourth-order valence-electron chi connectivity index (χ4n) is 1.94. The number of hydrogen-bond donors (Lipinski definition) is 1. The van der Waals surface area contributed by atoms with Crippen molar-refractivity contribution in [1.82, 2.24) is 4.90 Å². The van der Waals surface area contributed by atoms with Crippen molar-refractivity contribution in [2.45, 2.75) is 33.0 Å². The third-order valence-corrected chi connectivity index (χ3v) is 2.29. The molecule has 1 rings (SSSR count). The maximum absolute atomic E-state index is 5.68. The first-order valence-electron chi connectivity index (χ1n) is 5.19. The van der Waals surface area contributed by atoms with Gasteiger partial charge in [0, 0.05) is 26.2 Å². The van der Waals surface area contributed by atoms with Crippen LogP contribution in [0, 0.1) is 5.92 Å². The molecule has 78 valence electrons. The molecule has 0 aliphatic carbocycles. The summed E-state index contributed by atoms with van der Waals surface area (Å²) >= 11 is 0. The van der Waals surface area contributed by atoms with Gasteiger partial charge < -0.3 is 10.5 Å². The molecule has 0 aromatic carbocycles. The number of ether oxygens (including phenoxy) is 1. The Balaban J connectivity index is 2.37. The molecule has 0 aromatic heterocycles. The summed E-state index contributed by atoms with van der Waals surface area (Å²) in [5.74, 6) is 0.726. The number of nitrogens with zero attached hydrogens (tertiary/aromatic N) is 1. The Kier molecular flexibility index (Phi) is 4.16. The molecule has 1 aliphatic heterocycles. The molecule has 0 radical (unpaired) electrons. The van der Waals surface area contributed by atoms with Gasteiger partial charge in [0.1, 0.15) is 0 Å². The standard InChI is InChI=1S/C10H22N2O/c1-8(2)5-12-6-9(3)13-10(4-11)7-12/h8-10H,4-7,11H2,1-3H3. The van der Waals surface area contributed by atoms with Gasteiger partial charge in [0.15, 0.2) is 0 Å². The molecular weight excluding hydrogens is 164 g/mol. The quantitative estimate of drug-likeness (QED) is 0.705. The van der Waals surface area contributed by atoms with Crippen LogP contribution in [0.2, 0.25) is 0 Å². The predicted octanol–water partition coefficient (Wildman–Crippen LogP) is 0.690. The van der Waals surface area contributed by atoms with Gasteiger partial charge in [-0.25, -0.2) is 0 Å². The summed E-state index contributed by atoms with van der Waals surface area (Å²) in [5.41, 5.74) is 5.61. The Bertz CT molecular complexity index is 148. The summed E-state index contributed by atoms with van der Waals surface area (Å²) in [6, 6.07) is 0. The molecule has 1 saturated heterocycles. The number of hydrogen-bond acceptors (Lipinski definition) is 3. The maximum atomic E-state index is 5.68. The normalized spacial score (nSPS) is 31.2. The van der Waals surface area contributed by atoms with Crippen LogP contribution in [0.5, 0.6) is 0 Å². The second kappa shape index (κ2) is 4.94. The summed E-state index contributed by atoms with van der Waals surface area (Å²) in [6.07, 6.45) is 0.573. The smallest absolute Gasteiger partial charge is 0.0828 e. The van der Waals surface area contributed by atoms with Crippen LogP contribution in [0.3, 0.4) is 0 Å². The van der Waals surface area contributed by atoms with Gasteiger partial charge in [-0.15, -0.1) is 0 Å². The minimum atomic E-state index is 0.238. The van der Waals surface area contributed by atoms with Crippen molar-refractivity contribution in [3.05, 3.63) is 0 Å². The van der Waals surface area contributed by atoms with Gasteiger partial charge >= 0.3 is 0 Å². The summed E-state index contributed by atoms with van der Waals surface area (Å²) in [7, 11) is 0. The highest BCUT2D eigenvalue weighted by molar-refractivity contribution is 4.76. The lowest BCUT2D eigenvalue weighted by molar-refractivity contribution is -0.0744. The van der Waals surface area contributed by atoms with E-state index in [4.69, 9.17) is 10.5 Å². The fraction of sp³-hybridized carbons (Fsp3) is 1.00. The van der Waals surface area contributed by atoms with Crippen molar-refractivity contribution in [1.29, 1.82) is 0 Å². The maximum Gasteiger partial charge on any atom is 0.0828 e. The van der Waals surface area contributed by atoms with E-state index in [9.17, 15) is 0 Å². The summed E-state index contributed by atoms with van der Waals surface area (Å²) in [6.45, 7) is 10.5. The van der Waals surface area contributed by atoms with Crippen LogP contribution in [0.15, 0.2) is 0 Å². The van der Waals surface area contributed by atoms with Crippen LogP contribution in [0.1, 0.15) is 20.8 Å². The molecule has 0 bridgehead atoms. The number of rotatable bonds is 3. The average Bonchev–Trinajstić information content (AvgIpc) is 2.01. The third kappa shape index (κ3) is 3.63. The van der Waals surface area contributed by atoms with Crippen LogP contribution in [0.4, 0.5) is 0 Å². The van der Waals surface area contributed by atoms with Gasteiger partial charge in [-0.3, -0.25) is 4.90 Å². The Morgan fingerprint density at radius 2 is 2.15 bits per heavy atom. The van der Waals surface area contributed by atoms with Crippen molar-refractivity contribution < 1.29 is 4.74 Å². The second-order valence-corrected chi connectivity index (χ2v) is 4.42. The summed E-state index contributed by atoms with van der Waals surface area (Å²) in [5, 5.41) is 0. The molecular formula is C10H22N2O. The number of morpholine rings is 1. The van der Waals surface area contributed by atoms with Crippen molar-refractivity contribution in [3.63, 3.8) is 0 Å². The van der Waals surface area contributed by atoms with E-state index >= 15 is 0 Å². The lowest BCUT2D eigenvalue weighted by atomic mass is 10.1. The van der Waals surface area contributed by atoms with Gasteiger partial charge in [-0.2, -0.15) is 0 Å². The van der Waals surface area contributed by atoms with Crippen molar-refractivity contribution in [2.75, 3.05) is 26.2 Å². The molecule has 13 heavy (non-hydrogen) atoms. The first-order valence-corrected chi connectivity index (χ1v) is 5.19. The molecule has 2 unspecified atom stereocenters. The highest BCUT2D eigenvalue weighted by Gasteiger charge is 2.24. The number of nitrogens with two attached hydrogens (primary N) is 1. The van der Waals surface area contributed by atoms with Gasteiger partial charge in [-0.1, -0.05) is 13.8 Å². The van der Waals surface area contributed by atoms with E-state index in [1.807, 2.05) is 0 Å². The lowest BCUT2D eigenvalue weighted by Gasteiger charge is -2.37. The van der Waals surface area contributed by atoms with E-state index in [-0.39, 0.29) is 6.10 Å². The van der Waals surface area contributed by atoms with Crippen LogP contribution in [-0.4, -0.2) is 43.3 Å². The van der Waals surface area contributed by atoms with Gasteiger partial charge in [0.25, 0.3) is 0 Å². The molecule has 1 heterocycles. The van der Waals surface area contributed by atoms with Gasteiger partial charge in [0.2, 0.25) is 0 Å². The van der Waals surface area contributed by atoms with Crippen molar-refractivity contribution in [3.8, 4) is 0 Å². The largest absolute Gasteiger partial charge is 0.371 e. The molecule has 0 aromatic rings. The van der Waals surface area contributed by atoms with Crippen molar-refractivity contribution in [2.24, 2.45) is 11.7 Å². The third-order valence-electron chi connectivity index (χ3n) is 2.29. The van der Waals surface area contributed by atoms with E-state index in [1.54, 1.807) is 0 Å². The molecule has 2 N–H and O–H groups in total. The first-order chi connectivity index (χ1) is 6.11. The summed E-state index contributed by atoms with van der Waals surface area (Å²) < 4.78 is 5.68. The van der Waals surface area contributed by atoms with Crippen LogP contribution in [0.25, 0.3) is 0 Å². The highest BCUT2D eigenvalue weighted by Crippen LogP contribution is 2.11. The Morgan fingerprint density at radius 3 is 2.69 bits per heavy atom. The average molecular weight is 186 g/mol. The van der Waals surface area contributed by atoms with E-state index in [0.29, 0.717) is 12.6 Å². The lowest BCUT2D eigenvalue weighted by Crippen LogP contribution is -2.50. The zero-order valence-corrected chi connectivity index (χ0v) is 8.99. The minimum Gasteiger partial charge on any atom is -0.371 e. The van der Waals surface area contributed by atoms with E-state index < -0.39 is 0 Å². The molecule has 3 nitrogen and oxygen atoms in total. The van der Waals surface area contributed by atoms with Crippen LogP contribution in [-0.2, 0) is 4.74 Å². The van der Waals surface area contributed by atoms with E-state index in [2.05, 4.69) is 25.7 Å². The molecule has 0 spiro atoms. The topological polar surface area (TPSA) is 38.5 Å². The fourth-order valence-corrected chi connectivity index (χ4v) is 1.94. The second-order valence-electron chi connectivity index (χ2n) is 4.42. The molecule has 0 saturated carbocycles. The van der Waals surface area contributed by atoms with E-state index in [0.717, 1.165) is 25.6 Å². The van der Waals surface area contributed by atoms with E-state index in [1.165, 1.54) is 0 Å². The van der Waals surface area contributed by atoms with Crippen LogP contribution < -0.4 is 5.73 Å².